The maximum absolute atomic E-state index is 6.10. The average Bonchev–Trinajstić information content (AvgIpc) is 2.53. The van der Waals surface area contributed by atoms with Crippen LogP contribution in [0.25, 0.3) is 0 Å². The Balaban J connectivity index is 2.14. The lowest BCUT2D eigenvalue weighted by Crippen LogP contribution is -2.34. The summed E-state index contributed by atoms with van der Waals surface area (Å²) in [5, 5.41) is 0. The first kappa shape index (κ1) is 8.82. The van der Waals surface area contributed by atoms with Gasteiger partial charge in [0.2, 0.25) is 0 Å². The molecule has 0 saturated heterocycles. The molecule has 1 aromatic rings. The van der Waals surface area contributed by atoms with Crippen LogP contribution in [0.4, 0.5) is 0 Å². The molecule has 1 saturated carbocycles. The molecule has 2 unspecified atom stereocenters. The third-order valence-corrected chi connectivity index (χ3v) is 3.03. The van der Waals surface area contributed by atoms with Crippen LogP contribution in [0.2, 0.25) is 0 Å². The molecule has 1 aliphatic carbocycles. The zero-order valence-corrected chi connectivity index (χ0v) is 8.24. The normalized spacial score (nSPS) is 29.1. The van der Waals surface area contributed by atoms with Gasteiger partial charge in [-0.25, -0.2) is 0 Å². The van der Waals surface area contributed by atoms with E-state index in [2.05, 4.69) is 30.0 Å². The van der Waals surface area contributed by atoms with E-state index in [1.807, 2.05) is 0 Å². The number of aryl methyl sites for hydroxylation is 1. The smallest absolute Gasteiger partial charge is 0.0481 e. The highest BCUT2D eigenvalue weighted by Gasteiger charge is 2.22. The van der Waals surface area contributed by atoms with Crippen molar-refractivity contribution >= 4 is 0 Å². The Bertz CT molecular complexity index is 277. The van der Waals surface area contributed by atoms with Gasteiger partial charge in [-0.1, -0.05) is 12.8 Å². The van der Waals surface area contributed by atoms with Gasteiger partial charge >= 0.3 is 0 Å². The van der Waals surface area contributed by atoms with E-state index in [-0.39, 0.29) is 0 Å². The van der Waals surface area contributed by atoms with Gasteiger partial charge in [0.15, 0.2) is 0 Å². The van der Waals surface area contributed by atoms with Crippen molar-refractivity contribution in [1.29, 1.82) is 0 Å². The van der Waals surface area contributed by atoms with Gasteiger partial charge < -0.3 is 10.3 Å². The largest absolute Gasteiger partial charge is 0.349 e. The summed E-state index contributed by atoms with van der Waals surface area (Å²) < 4.78 is 2.29. The van der Waals surface area contributed by atoms with E-state index in [9.17, 15) is 0 Å². The number of nitrogens with two attached hydrogens (primary N) is 1. The van der Waals surface area contributed by atoms with Crippen LogP contribution in [0.3, 0.4) is 0 Å². The molecule has 2 heteroatoms. The molecule has 1 heterocycles. The maximum Gasteiger partial charge on any atom is 0.0481 e. The third kappa shape index (κ3) is 1.78. The van der Waals surface area contributed by atoms with E-state index >= 15 is 0 Å². The number of hydrogen-bond acceptors (Lipinski definition) is 1. The van der Waals surface area contributed by atoms with Crippen molar-refractivity contribution < 1.29 is 0 Å². The molecule has 0 aromatic carbocycles. The fourth-order valence-electron chi connectivity index (χ4n) is 2.24. The van der Waals surface area contributed by atoms with Crippen molar-refractivity contribution in [2.75, 3.05) is 0 Å². The van der Waals surface area contributed by atoms with E-state index in [4.69, 9.17) is 5.73 Å². The predicted octanol–water partition coefficient (Wildman–Crippen LogP) is 2.24. The number of hydrogen-bond donors (Lipinski definition) is 1. The second-order valence-corrected chi connectivity index (χ2v) is 4.15. The van der Waals surface area contributed by atoms with Gasteiger partial charge in [0, 0.05) is 24.5 Å². The standard InChI is InChI=1S/C11H18N2/c1-9-6-7-13(8-9)11-5-3-2-4-10(11)12/h6-8,10-11H,2-5,12H2,1H3. The van der Waals surface area contributed by atoms with Crippen molar-refractivity contribution in [3.63, 3.8) is 0 Å². The number of rotatable bonds is 1. The molecule has 0 bridgehead atoms. The minimum Gasteiger partial charge on any atom is -0.349 e. The summed E-state index contributed by atoms with van der Waals surface area (Å²) in [6, 6.07) is 3.06. The van der Waals surface area contributed by atoms with E-state index in [1.54, 1.807) is 0 Å². The summed E-state index contributed by atoms with van der Waals surface area (Å²) in [5.41, 5.74) is 7.43. The minimum absolute atomic E-state index is 0.362. The summed E-state index contributed by atoms with van der Waals surface area (Å²) >= 11 is 0. The lowest BCUT2D eigenvalue weighted by molar-refractivity contribution is 0.306. The van der Waals surface area contributed by atoms with Crippen LogP contribution in [0, 0.1) is 6.92 Å². The topological polar surface area (TPSA) is 30.9 Å². The van der Waals surface area contributed by atoms with Crippen molar-refractivity contribution in [2.24, 2.45) is 5.73 Å². The van der Waals surface area contributed by atoms with Gasteiger partial charge in [-0.15, -0.1) is 0 Å². The van der Waals surface area contributed by atoms with Crippen molar-refractivity contribution in [1.82, 2.24) is 4.57 Å². The number of aromatic nitrogens is 1. The molecular weight excluding hydrogens is 160 g/mol. The average molecular weight is 178 g/mol. The van der Waals surface area contributed by atoms with Crippen LogP contribution in [0.5, 0.6) is 0 Å². The van der Waals surface area contributed by atoms with E-state index in [1.165, 1.54) is 31.2 Å². The quantitative estimate of drug-likeness (QED) is 0.702. The van der Waals surface area contributed by atoms with Gasteiger partial charge in [0.25, 0.3) is 0 Å². The summed E-state index contributed by atoms with van der Waals surface area (Å²) in [4.78, 5) is 0. The van der Waals surface area contributed by atoms with E-state index in [0.717, 1.165) is 0 Å². The van der Waals surface area contributed by atoms with Crippen molar-refractivity contribution in [3.8, 4) is 0 Å². The highest BCUT2D eigenvalue weighted by Crippen LogP contribution is 2.27. The Kier molecular flexibility index (Phi) is 2.40. The Hall–Kier alpha value is -0.760. The first-order valence-corrected chi connectivity index (χ1v) is 5.17. The maximum atomic E-state index is 6.10. The molecule has 2 rings (SSSR count). The minimum atomic E-state index is 0.362. The molecule has 13 heavy (non-hydrogen) atoms. The molecule has 0 radical (unpaired) electrons. The Morgan fingerprint density at radius 1 is 1.38 bits per heavy atom. The van der Waals surface area contributed by atoms with Crippen LogP contribution in [0.1, 0.15) is 37.3 Å². The summed E-state index contributed by atoms with van der Waals surface area (Å²) in [6.07, 6.45) is 9.42. The third-order valence-electron chi connectivity index (χ3n) is 3.03. The van der Waals surface area contributed by atoms with Crippen LogP contribution in [0.15, 0.2) is 18.5 Å². The molecule has 0 spiro atoms. The molecule has 2 atom stereocenters. The molecule has 1 aliphatic rings. The molecule has 0 aliphatic heterocycles. The summed E-state index contributed by atoms with van der Waals surface area (Å²) in [5.74, 6) is 0. The highest BCUT2D eigenvalue weighted by molar-refractivity contribution is 5.09. The van der Waals surface area contributed by atoms with Gasteiger partial charge in [-0.2, -0.15) is 0 Å². The zero-order chi connectivity index (χ0) is 9.26. The Labute approximate surface area is 79.7 Å². The van der Waals surface area contributed by atoms with Crippen molar-refractivity contribution in [2.45, 2.75) is 44.7 Å². The summed E-state index contributed by atoms with van der Waals surface area (Å²) in [6.45, 7) is 2.13. The van der Waals surface area contributed by atoms with Crippen molar-refractivity contribution in [3.05, 3.63) is 24.0 Å². The SMILES string of the molecule is Cc1ccn(C2CCCCC2N)c1. The molecule has 1 aromatic heterocycles. The highest BCUT2D eigenvalue weighted by atomic mass is 15.0. The first-order chi connectivity index (χ1) is 6.27. The lowest BCUT2D eigenvalue weighted by atomic mass is 9.91. The molecule has 1 fully saturated rings. The molecule has 0 amide bonds. The summed E-state index contributed by atoms with van der Waals surface area (Å²) in [7, 11) is 0. The van der Waals surface area contributed by atoms with E-state index in [0.29, 0.717) is 12.1 Å². The van der Waals surface area contributed by atoms with Crippen LogP contribution < -0.4 is 5.73 Å². The monoisotopic (exact) mass is 178 g/mol. The zero-order valence-electron chi connectivity index (χ0n) is 8.24. The second-order valence-electron chi connectivity index (χ2n) is 4.15. The van der Waals surface area contributed by atoms with Gasteiger partial charge in [-0.05, 0) is 31.4 Å². The molecule has 2 nitrogen and oxygen atoms in total. The van der Waals surface area contributed by atoms with E-state index < -0.39 is 0 Å². The van der Waals surface area contributed by atoms with Gasteiger partial charge in [0.05, 0.1) is 0 Å². The number of nitrogens with zero attached hydrogens (tertiary/aromatic N) is 1. The molecular formula is C11H18N2. The molecule has 2 N–H and O–H groups in total. The van der Waals surface area contributed by atoms with Crippen LogP contribution >= 0.6 is 0 Å². The second kappa shape index (κ2) is 3.54. The first-order valence-electron chi connectivity index (χ1n) is 5.17. The lowest BCUT2D eigenvalue weighted by Gasteiger charge is -2.29. The Morgan fingerprint density at radius 3 is 2.77 bits per heavy atom. The Morgan fingerprint density at radius 2 is 2.15 bits per heavy atom. The van der Waals surface area contributed by atoms with Gasteiger partial charge in [0.1, 0.15) is 0 Å². The molecule has 72 valence electrons. The van der Waals surface area contributed by atoms with Gasteiger partial charge in [-0.3, -0.25) is 0 Å². The fourth-order valence-corrected chi connectivity index (χ4v) is 2.24. The van der Waals surface area contributed by atoms with Crippen LogP contribution in [-0.2, 0) is 0 Å². The fraction of sp³-hybridized carbons (Fsp3) is 0.636. The predicted molar refractivity (Wildman–Crippen MR) is 54.6 cm³/mol. The van der Waals surface area contributed by atoms with Crippen LogP contribution in [-0.4, -0.2) is 10.6 Å².